The highest BCUT2D eigenvalue weighted by atomic mass is 35.5. The number of pyridine rings is 1. The molecule has 1 amide bonds. The third-order valence-corrected chi connectivity index (χ3v) is 4.52. The highest BCUT2D eigenvalue weighted by Crippen LogP contribution is 2.22. The molecule has 128 valence electrons. The van der Waals surface area contributed by atoms with Crippen LogP contribution in [0.3, 0.4) is 0 Å². The van der Waals surface area contributed by atoms with Crippen LogP contribution >= 0.6 is 23.2 Å². The fourth-order valence-electron chi connectivity index (χ4n) is 2.43. The molecule has 0 unspecified atom stereocenters. The Balaban J connectivity index is 2.37. The summed E-state index contributed by atoms with van der Waals surface area (Å²) in [6.07, 6.45) is 1.89. The minimum atomic E-state index is -0.431. The molecule has 2 rings (SSSR count). The van der Waals surface area contributed by atoms with Crippen LogP contribution in [0, 0.1) is 13.8 Å². The Bertz CT molecular complexity index is 828. The van der Waals surface area contributed by atoms with E-state index in [1.165, 1.54) is 12.1 Å². The molecule has 0 saturated heterocycles. The van der Waals surface area contributed by atoms with Crippen LogP contribution in [0.4, 0.5) is 5.69 Å². The molecule has 1 heterocycles. The lowest BCUT2D eigenvalue weighted by Crippen LogP contribution is -2.28. The van der Waals surface area contributed by atoms with Gasteiger partial charge in [-0.25, -0.2) is 0 Å². The number of nitrogens with one attached hydrogen (secondary N) is 1. The van der Waals surface area contributed by atoms with Crippen LogP contribution in [0.5, 0.6) is 0 Å². The Morgan fingerprint density at radius 2 is 1.92 bits per heavy atom. The molecule has 2 aromatic rings. The SMILES string of the molecule is CCCCn1c(C)c(C)cc(NC(=O)c2ccc(Cl)cc2Cl)c1=O. The minimum Gasteiger partial charge on any atom is -0.317 e. The van der Waals surface area contributed by atoms with Crippen LogP contribution in [0.25, 0.3) is 0 Å². The van der Waals surface area contributed by atoms with Gasteiger partial charge in [0.05, 0.1) is 10.6 Å². The molecule has 0 atom stereocenters. The normalized spacial score (nSPS) is 10.7. The van der Waals surface area contributed by atoms with E-state index in [1.807, 2.05) is 13.8 Å². The molecule has 6 heteroatoms. The third kappa shape index (κ3) is 4.00. The number of nitrogens with zero attached hydrogens (tertiary/aromatic N) is 1. The van der Waals surface area contributed by atoms with E-state index in [0.717, 1.165) is 24.1 Å². The summed E-state index contributed by atoms with van der Waals surface area (Å²) < 4.78 is 1.71. The molecule has 0 saturated carbocycles. The fourth-order valence-corrected chi connectivity index (χ4v) is 2.93. The first-order chi connectivity index (χ1) is 11.3. The number of benzene rings is 1. The zero-order chi connectivity index (χ0) is 17.9. The summed E-state index contributed by atoms with van der Waals surface area (Å²) in [6, 6.07) is 6.32. The average Bonchev–Trinajstić information content (AvgIpc) is 2.52. The van der Waals surface area contributed by atoms with Crippen LogP contribution < -0.4 is 10.9 Å². The standard InChI is InChI=1S/C18H20Cl2N2O2/c1-4-5-8-22-12(3)11(2)9-16(18(22)24)21-17(23)14-7-6-13(19)10-15(14)20/h6-7,9-10H,4-5,8H2,1-3H3,(H,21,23). The van der Waals surface area contributed by atoms with Gasteiger partial charge in [0.2, 0.25) is 0 Å². The van der Waals surface area contributed by atoms with E-state index in [2.05, 4.69) is 12.2 Å². The first-order valence-corrected chi connectivity index (χ1v) is 8.58. The zero-order valence-electron chi connectivity index (χ0n) is 14.0. The highest BCUT2D eigenvalue weighted by molar-refractivity contribution is 6.37. The molecule has 1 N–H and O–H groups in total. The summed E-state index contributed by atoms with van der Waals surface area (Å²) >= 11 is 11.9. The number of halogens is 2. The summed E-state index contributed by atoms with van der Waals surface area (Å²) in [5.41, 5.74) is 2.19. The van der Waals surface area contributed by atoms with Gasteiger partial charge in [-0.1, -0.05) is 36.5 Å². The van der Waals surface area contributed by atoms with E-state index in [1.54, 1.807) is 16.7 Å². The number of aromatic nitrogens is 1. The number of aryl methyl sites for hydroxylation is 1. The second-order valence-electron chi connectivity index (χ2n) is 5.72. The maximum atomic E-state index is 12.6. The molecule has 0 aliphatic rings. The summed E-state index contributed by atoms with van der Waals surface area (Å²) in [4.78, 5) is 25.1. The molecule has 0 bridgehead atoms. The largest absolute Gasteiger partial charge is 0.317 e. The molecule has 0 spiro atoms. The summed E-state index contributed by atoms with van der Waals surface area (Å²) in [7, 11) is 0. The maximum absolute atomic E-state index is 12.6. The lowest BCUT2D eigenvalue weighted by atomic mass is 10.1. The molecule has 24 heavy (non-hydrogen) atoms. The van der Waals surface area contributed by atoms with Crippen molar-refractivity contribution in [2.45, 2.75) is 40.2 Å². The van der Waals surface area contributed by atoms with E-state index >= 15 is 0 Å². The van der Waals surface area contributed by atoms with Gasteiger partial charge in [0.15, 0.2) is 0 Å². The van der Waals surface area contributed by atoms with Gasteiger partial charge in [-0.15, -0.1) is 0 Å². The number of carbonyl (C=O) groups is 1. The zero-order valence-corrected chi connectivity index (χ0v) is 15.5. The predicted molar refractivity (Wildman–Crippen MR) is 99.5 cm³/mol. The van der Waals surface area contributed by atoms with Crippen molar-refractivity contribution in [1.82, 2.24) is 4.57 Å². The topological polar surface area (TPSA) is 51.1 Å². The van der Waals surface area contributed by atoms with Crippen LogP contribution in [0.1, 0.15) is 41.4 Å². The predicted octanol–water partition coefficient (Wildman–Crippen LogP) is 4.82. The highest BCUT2D eigenvalue weighted by Gasteiger charge is 2.15. The smallest absolute Gasteiger partial charge is 0.274 e. The van der Waals surface area contributed by atoms with E-state index < -0.39 is 5.91 Å². The van der Waals surface area contributed by atoms with Crippen molar-refractivity contribution in [2.75, 3.05) is 5.32 Å². The Morgan fingerprint density at radius 3 is 2.54 bits per heavy atom. The Kier molecular flexibility index (Phi) is 6.08. The first-order valence-electron chi connectivity index (χ1n) is 7.82. The molecular formula is C18H20Cl2N2O2. The second kappa shape index (κ2) is 7.86. The monoisotopic (exact) mass is 366 g/mol. The van der Waals surface area contributed by atoms with Crippen LogP contribution in [0.15, 0.2) is 29.1 Å². The molecule has 4 nitrogen and oxygen atoms in total. The molecule has 0 aliphatic heterocycles. The summed E-state index contributed by atoms with van der Waals surface area (Å²) in [5, 5.41) is 3.37. The Morgan fingerprint density at radius 1 is 1.21 bits per heavy atom. The van der Waals surface area contributed by atoms with Crippen molar-refractivity contribution < 1.29 is 4.79 Å². The maximum Gasteiger partial charge on any atom is 0.274 e. The number of amides is 1. The number of hydrogen-bond acceptors (Lipinski definition) is 2. The van der Waals surface area contributed by atoms with Gasteiger partial charge in [0.1, 0.15) is 5.69 Å². The number of hydrogen-bond donors (Lipinski definition) is 1. The molecule has 0 fully saturated rings. The summed E-state index contributed by atoms with van der Waals surface area (Å²) in [6.45, 7) is 6.53. The van der Waals surface area contributed by atoms with Crippen molar-refractivity contribution in [3.8, 4) is 0 Å². The number of carbonyl (C=O) groups excluding carboxylic acids is 1. The summed E-state index contributed by atoms with van der Waals surface area (Å²) in [5.74, 6) is -0.431. The average molecular weight is 367 g/mol. The van der Waals surface area contributed by atoms with Gasteiger partial charge in [0, 0.05) is 17.3 Å². The van der Waals surface area contributed by atoms with Crippen LogP contribution in [-0.4, -0.2) is 10.5 Å². The number of anilines is 1. The quantitative estimate of drug-likeness (QED) is 0.823. The van der Waals surface area contributed by atoms with Gasteiger partial charge < -0.3 is 9.88 Å². The van der Waals surface area contributed by atoms with Crippen LogP contribution in [0.2, 0.25) is 10.0 Å². The molecule has 1 aromatic carbocycles. The third-order valence-electron chi connectivity index (χ3n) is 3.97. The Hall–Kier alpha value is -1.78. The molecule has 0 radical (unpaired) electrons. The molecular weight excluding hydrogens is 347 g/mol. The van der Waals surface area contributed by atoms with E-state index in [-0.39, 0.29) is 21.8 Å². The van der Waals surface area contributed by atoms with Crippen molar-refractivity contribution in [3.63, 3.8) is 0 Å². The van der Waals surface area contributed by atoms with Gasteiger partial charge >= 0.3 is 0 Å². The minimum absolute atomic E-state index is 0.204. The van der Waals surface area contributed by atoms with Crippen molar-refractivity contribution in [2.24, 2.45) is 0 Å². The van der Waals surface area contributed by atoms with Crippen molar-refractivity contribution in [3.05, 3.63) is 61.5 Å². The van der Waals surface area contributed by atoms with E-state index in [0.29, 0.717) is 11.6 Å². The second-order valence-corrected chi connectivity index (χ2v) is 6.56. The number of rotatable bonds is 5. The number of unbranched alkanes of at least 4 members (excludes halogenated alkanes) is 1. The van der Waals surface area contributed by atoms with E-state index in [4.69, 9.17) is 23.2 Å². The van der Waals surface area contributed by atoms with Gasteiger partial charge in [-0.05, 0) is 50.1 Å². The Labute approximate surface area is 151 Å². The van der Waals surface area contributed by atoms with Gasteiger partial charge in [-0.3, -0.25) is 9.59 Å². The van der Waals surface area contributed by atoms with Crippen molar-refractivity contribution in [1.29, 1.82) is 0 Å². The lowest BCUT2D eigenvalue weighted by Gasteiger charge is -2.15. The van der Waals surface area contributed by atoms with Crippen LogP contribution in [-0.2, 0) is 6.54 Å². The lowest BCUT2D eigenvalue weighted by molar-refractivity contribution is 0.102. The van der Waals surface area contributed by atoms with Gasteiger partial charge in [-0.2, -0.15) is 0 Å². The van der Waals surface area contributed by atoms with E-state index in [9.17, 15) is 9.59 Å². The van der Waals surface area contributed by atoms with Gasteiger partial charge in [0.25, 0.3) is 11.5 Å². The molecule has 0 aliphatic carbocycles. The first kappa shape index (κ1) is 18.6. The molecule has 1 aromatic heterocycles. The van der Waals surface area contributed by atoms with Crippen molar-refractivity contribution >= 4 is 34.8 Å². The fraction of sp³-hybridized carbons (Fsp3) is 0.333.